The normalized spacial score (nSPS) is 12.3. The fourth-order valence-electron chi connectivity index (χ4n) is 2.11. The van der Waals surface area contributed by atoms with Gasteiger partial charge in [0.25, 0.3) is 10.0 Å². The molecular weight excluding hydrogens is 383 g/mol. The summed E-state index contributed by atoms with van der Waals surface area (Å²) in [5.41, 5.74) is 2.38. The zero-order valence-electron chi connectivity index (χ0n) is 14.2. The van der Waals surface area contributed by atoms with Crippen molar-refractivity contribution in [2.24, 2.45) is 0 Å². The maximum Gasteiger partial charge on any atom is 0.257 e. The van der Waals surface area contributed by atoms with Gasteiger partial charge < -0.3 is 0 Å². The summed E-state index contributed by atoms with van der Waals surface area (Å²) >= 11 is 0. The Hall–Kier alpha value is -2.08. The highest BCUT2D eigenvalue weighted by Gasteiger charge is 2.22. The van der Waals surface area contributed by atoms with Gasteiger partial charge in [-0.2, -0.15) is 4.31 Å². The van der Waals surface area contributed by atoms with Crippen molar-refractivity contribution in [3.63, 3.8) is 0 Å². The molecule has 26 heavy (non-hydrogen) atoms. The number of aromatic nitrogens is 1. The Bertz CT molecular complexity index is 942. The van der Waals surface area contributed by atoms with Crippen LogP contribution in [0.5, 0.6) is 0 Å². The molecule has 142 valence electrons. The zero-order chi connectivity index (χ0) is 19.4. The molecule has 0 atom stereocenters. The van der Waals surface area contributed by atoms with Crippen LogP contribution in [0.15, 0.2) is 52.4 Å². The monoisotopic (exact) mass is 402 g/mol. The molecule has 0 saturated heterocycles. The van der Waals surface area contributed by atoms with E-state index in [0.717, 1.165) is 30.5 Å². The van der Waals surface area contributed by atoms with Crippen LogP contribution in [0.4, 0.5) is 10.2 Å². The van der Waals surface area contributed by atoms with Gasteiger partial charge in [0.1, 0.15) is 16.5 Å². The van der Waals surface area contributed by atoms with E-state index in [1.165, 1.54) is 16.4 Å². The van der Waals surface area contributed by atoms with Gasteiger partial charge in [-0.15, -0.1) is 4.83 Å². The summed E-state index contributed by atoms with van der Waals surface area (Å²) in [6.07, 6.45) is 1.14. The number of pyridine rings is 1. The van der Waals surface area contributed by atoms with Crippen LogP contribution in [0.3, 0.4) is 0 Å². The summed E-state index contributed by atoms with van der Waals surface area (Å²) in [7, 11) is -7.57. The standard InChI is InChI=1S/C15H19FN4O4S2/c1-3-20(4-2)26(23,24)14-9-10-15(17-11-14)18-19-25(21,22)13-7-5-12(16)6-8-13/h5-11,19H,3-4H2,1-2H3,(H,17,18). The lowest BCUT2D eigenvalue weighted by atomic mass is 10.4. The molecule has 2 aromatic rings. The molecule has 0 spiro atoms. The molecule has 2 N–H and O–H groups in total. The number of nitrogens with one attached hydrogen (secondary N) is 2. The topological polar surface area (TPSA) is 108 Å². The predicted octanol–water partition coefficient (Wildman–Crippen LogP) is 1.56. The lowest BCUT2D eigenvalue weighted by molar-refractivity contribution is 0.445. The summed E-state index contributed by atoms with van der Waals surface area (Å²) in [6, 6.07) is 6.96. The average Bonchev–Trinajstić information content (AvgIpc) is 2.61. The highest BCUT2D eigenvalue weighted by Crippen LogP contribution is 2.16. The third kappa shape index (κ3) is 4.55. The molecule has 11 heteroatoms. The predicted molar refractivity (Wildman–Crippen MR) is 94.7 cm³/mol. The van der Waals surface area contributed by atoms with E-state index in [1.54, 1.807) is 13.8 Å². The minimum Gasteiger partial charge on any atom is -0.292 e. The molecule has 0 fully saturated rings. The SMILES string of the molecule is CCN(CC)S(=O)(=O)c1ccc(NNS(=O)(=O)c2ccc(F)cc2)nc1. The second-order valence-electron chi connectivity index (χ2n) is 5.15. The molecule has 0 unspecified atom stereocenters. The molecule has 0 radical (unpaired) electrons. The smallest absolute Gasteiger partial charge is 0.257 e. The number of anilines is 1. The van der Waals surface area contributed by atoms with Crippen LogP contribution in [0, 0.1) is 5.82 Å². The molecule has 1 heterocycles. The highest BCUT2D eigenvalue weighted by molar-refractivity contribution is 7.89. The molecule has 0 bridgehead atoms. The van der Waals surface area contributed by atoms with Crippen LogP contribution in [0.25, 0.3) is 0 Å². The van der Waals surface area contributed by atoms with E-state index >= 15 is 0 Å². The minimum absolute atomic E-state index is 0.00754. The maximum atomic E-state index is 12.9. The van der Waals surface area contributed by atoms with Crippen molar-refractivity contribution in [1.82, 2.24) is 14.1 Å². The van der Waals surface area contributed by atoms with E-state index in [4.69, 9.17) is 0 Å². The number of halogens is 1. The summed E-state index contributed by atoms with van der Waals surface area (Å²) in [4.78, 5) is 5.87. The lowest BCUT2D eigenvalue weighted by Crippen LogP contribution is -2.31. The quantitative estimate of drug-likeness (QED) is 0.649. The Balaban J connectivity index is 2.11. The molecule has 1 aromatic carbocycles. The first-order chi connectivity index (χ1) is 12.2. The van der Waals surface area contributed by atoms with Gasteiger partial charge in [0, 0.05) is 19.3 Å². The van der Waals surface area contributed by atoms with E-state index in [-0.39, 0.29) is 15.6 Å². The summed E-state index contributed by atoms with van der Waals surface area (Å²) < 4.78 is 63.0. The van der Waals surface area contributed by atoms with Gasteiger partial charge in [0.15, 0.2) is 0 Å². The lowest BCUT2D eigenvalue weighted by Gasteiger charge is -2.18. The summed E-state index contributed by atoms with van der Waals surface area (Å²) in [5, 5.41) is 0. The number of rotatable bonds is 8. The van der Waals surface area contributed by atoms with Crippen LogP contribution in [0.1, 0.15) is 13.8 Å². The van der Waals surface area contributed by atoms with E-state index < -0.39 is 25.9 Å². The molecule has 2 rings (SSSR count). The fraction of sp³-hybridized carbons (Fsp3) is 0.267. The molecule has 1 aromatic heterocycles. The first-order valence-corrected chi connectivity index (χ1v) is 10.6. The van der Waals surface area contributed by atoms with Crippen molar-refractivity contribution < 1.29 is 21.2 Å². The fourth-order valence-corrected chi connectivity index (χ4v) is 4.37. The number of hydrogen-bond acceptors (Lipinski definition) is 6. The van der Waals surface area contributed by atoms with Crippen molar-refractivity contribution in [3.05, 3.63) is 48.4 Å². The van der Waals surface area contributed by atoms with E-state index in [0.29, 0.717) is 13.1 Å². The third-order valence-corrected chi connectivity index (χ3v) is 6.81. The van der Waals surface area contributed by atoms with Crippen LogP contribution in [-0.4, -0.2) is 39.2 Å². The second-order valence-corrected chi connectivity index (χ2v) is 8.77. The zero-order valence-corrected chi connectivity index (χ0v) is 15.8. The Morgan fingerprint density at radius 2 is 1.54 bits per heavy atom. The molecule has 0 aliphatic rings. The van der Waals surface area contributed by atoms with Gasteiger partial charge in [0.2, 0.25) is 10.0 Å². The molecule has 0 saturated carbocycles. The van der Waals surface area contributed by atoms with Crippen LogP contribution in [-0.2, 0) is 20.0 Å². The van der Waals surface area contributed by atoms with Crippen LogP contribution >= 0.6 is 0 Å². The van der Waals surface area contributed by atoms with E-state index in [1.807, 2.05) is 0 Å². The maximum absolute atomic E-state index is 12.9. The number of benzene rings is 1. The van der Waals surface area contributed by atoms with Gasteiger partial charge >= 0.3 is 0 Å². The highest BCUT2D eigenvalue weighted by atomic mass is 32.2. The molecule has 0 aliphatic heterocycles. The van der Waals surface area contributed by atoms with E-state index in [9.17, 15) is 21.2 Å². The number of hydrogen-bond donors (Lipinski definition) is 2. The summed E-state index contributed by atoms with van der Waals surface area (Å²) in [5.74, 6) is -0.447. The number of hydrazine groups is 1. The molecule has 8 nitrogen and oxygen atoms in total. The van der Waals surface area contributed by atoms with Gasteiger partial charge in [-0.1, -0.05) is 13.8 Å². The van der Waals surface area contributed by atoms with Crippen LogP contribution < -0.4 is 10.3 Å². The Kier molecular flexibility index (Phi) is 6.29. The van der Waals surface area contributed by atoms with Gasteiger partial charge in [-0.05, 0) is 36.4 Å². The molecular formula is C15H19FN4O4S2. The Labute approximate surface area is 152 Å². The largest absolute Gasteiger partial charge is 0.292 e. The van der Waals surface area contributed by atoms with Crippen molar-refractivity contribution in [1.29, 1.82) is 0 Å². The second kappa shape index (κ2) is 8.08. The van der Waals surface area contributed by atoms with Crippen molar-refractivity contribution in [2.75, 3.05) is 18.5 Å². The van der Waals surface area contributed by atoms with Crippen molar-refractivity contribution >= 4 is 25.9 Å². The number of sulfonamides is 2. The van der Waals surface area contributed by atoms with Gasteiger partial charge in [-0.25, -0.2) is 26.2 Å². The van der Waals surface area contributed by atoms with Crippen molar-refractivity contribution in [2.45, 2.75) is 23.6 Å². The third-order valence-electron chi connectivity index (χ3n) is 3.52. The van der Waals surface area contributed by atoms with Gasteiger partial charge in [0.05, 0.1) is 4.90 Å². The number of nitrogens with zero attached hydrogens (tertiary/aromatic N) is 2. The first kappa shape index (κ1) is 20.2. The Morgan fingerprint density at radius 3 is 2.04 bits per heavy atom. The minimum atomic E-state index is -3.93. The van der Waals surface area contributed by atoms with Crippen molar-refractivity contribution in [3.8, 4) is 0 Å². The first-order valence-electron chi connectivity index (χ1n) is 7.70. The van der Waals surface area contributed by atoms with Gasteiger partial charge in [-0.3, -0.25) is 5.43 Å². The molecule has 0 aliphatic carbocycles. The van der Waals surface area contributed by atoms with Crippen LogP contribution in [0.2, 0.25) is 0 Å². The molecule has 0 amide bonds. The summed E-state index contributed by atoms with van der Waals surface area (Å²) in [6.45, 7) is 4.12. The average molecular weight is 402 g/mol. The van der Waals surface area contributed by atoms with E-state index in [2.05, 4.69) is 15.2 Å². The Morgan fingerprint density at radius 1 is 0.962 bits per heavy atom.